The Morgan fingerprint density at radius 1 is 1.33 bits per heavy atom. The topological polar surface area (TPSA) is 98.9 Å². The molecule has 0 amide bonds. The van der Waals surface area contributed by atoms with Gasteiger partial charge in [0.1, 0.15) is 0 Å². The van der Waals surface area contributed by atoms with E-state index in [4.69, 9.17) is 16.1 Å². The lowest BCUT2D eigenvalue weighted by Gasteiger charge is -2.34. The molecule has 5 heteroatoms. The van der Waals surface area contributed by atoms with Crippen LogP contribution >= 0.6 is 0 Å². The zero-order valence-corrected chi connectivity index (χ0v) is 17.3. The molecule has 0 saturated heterocycles. The molecule has 0 bridgehead atoms. The van der Waals surface area contributed by atoms with Gasteiger partial charge in [-0.25, -0.2) is 0 Å². The average Bonchev–Trinajstić information content (AvgIpc) is 2.77. The summed E-state index contributed by atoms with van der Waals surface area (Å²) in [7, 11) is 0. The lowest BCUT2D eigenvalue weighted by atomic mass is 9.73. The Kier molecular flexibility index (Phi) is 5.33. The molecule has 0 saturated carbocycles. The van der Waals surface area contributed by atoms with E-state index in [1.54, 1.807) is 0 Å². The Morgan fingerprint density at radius 3 is 2.83 bits per heavy atom. The van der Waals surface area contributed by atoms with Crippen LogP contribution in [0.3, 0.4) is 0 Å². The Bertz CT molecular complexity index is 1230. The molecule has 0 radical (unpaired) electrons. The van der Waals surface area contributed by atoms with E-state index in [0.29, 0.717) is 11.3 Å². The van der Waals surface area contributed by atoms with Gasteiger partial charge >= 0.3 is 0 Å². The molecule has 2 aromatic rings. The number of aryl methyl sites for hydroxylation is 1. The second-order valence-electron chi connectivity index (χ2n) is 7.97. The molecule has 3 N–H and O–H groups in total. The van der Waals surface area contributed by atoms with Gasteiger partial charge in [0.25, 0.3) is 0 Å². The van der Waals surface area contributed by atoms with Crippen LogP contribution in [0.1, 0.15) is 36.6 Å². The average molecular weight is 396 g/mol. The van der Waals surface area contributed by atoms with Gasteiger partial charge in [-0.05, 0) is 67.7 Å². The first-order chi connectivity index (χ1) is 14.5. The number of nitrogens with zero attached hydrogens (tertiary/aromatic N) is 3. The third-order valence-electron chi connectivity index (χ3n) is 5.97. The van der Waals surface area contributed by atoms with Gasteiger partial charge in [0.05, 0.1) is 23.4 Å². The van der Waals surface area contributed by atoms with E-state index in [9.17, 15) is 5.26 Å². The van der Waals surface area contributed by atoms with Crippen LogP contribution in [0.4, 0.5) is 5.69 Å². The maximum absolute atomic E-state index is 9.91. The molecule has 1 aliphatic carbocycles. The van der Waals surface area contributed by atoms with Gasteiger partial charge in [0.2, 0.25) is 0 Å². The maximum Gasteiger partial charge on any atom is 0.0801 e. The molecule has 1 aliphatic heterocycles. The minimum Gasteiger partial charge on any atom is -0.398 e. The fourth-order valence-corrected chi connectivity index (χ4v) is 4.48. The highest BCUT2D eigenvalue weighted by molar-refractivity contribution is 5.85. The third kappa shape index (κ3) is 3.46. The maximum atomic E-state index is 9.91. The zero-order chi connectivity index (χ0) is 21.3. The summed E-state index contributed by atoms with van der Waals surface area (Å²) in [5, 5.41) is 19.4. The summed E-state index contributed by atoms with van der Waals surface area (Å²) in [4.78, 5) is 9.47. The molecular weight excluding hydrogens is 370 g/mol. The minimum atomic E-state index is -0.233. The van der Waals surface area contributed by atoms with E-state index in [0.717, 1.165) is 40.2 Å². The molecular formula is C25H25N5. The van der Waals surface area contributed by atoms with Gasteiger partial charge in [0, 0.05) is 40.5 Å². The van der Waals surface area contributed by atoms with Crippen molar-refractivity contribution in [1.82, 2.24) is 4.98 Å². The smallest absolute Gasteiger partial charge is 0.0801 e. The molecule has 150 valence electrons. The van der Waals surface area contributed by atoms with E-state index >= 15 is 0 Å². The minimum absolute atomic E-state index is 0.0933. The summed E-state index contributed by atoms with van der Waals surface area (Å²) < 4.78 is 0. The van der Waals surface area contributed by atoms with Crippen LogP contribution in [0.15, 0.2) is 59.3 Å². The molecule has 2 heterocycles. The number of rotatable bonds is 4. The van der Waals surface area contributed by atoms with Crippen LogP contribution in [0.2, 0.25) is 0 Å². The monoisotopic (exact) mass is 395 g/mol. The van der Waals surface area contributed by atoms with Crippen molar-refractivity contribution >= 4 is 17.5 Å². The molecule has 2 unspecified atom stereocenters. The highest BCUT2D eigenvalue weighted by Crippen LogP contribution is 2.37. The number of nitrogens with two attached hydrogens (primary N) is 1. The van der Waals surface area contributed by atoms with E-state index < -0.39 is 0 Å². The van der Waals surface area contributed by atoms with E-state index in [-0.39, 0.29) is 17.9 Å². The summed E-state index contributed by atoms with van der Waals surface area (Å²) in [5.74, 6) is -0.326. The highest BCUT2D eigenvalue weighted by Gasteiger charge is 2.36. The zero-order valence-electron chi connectivity index (χ0n) is 17.3. The number of allylic oxidation sites excluding steroid dienone is 3. The second kappa shape index (κ2) is 8.08. The number of benzene rings is 1. The van der Waals surface area contributed by atoms with Gasteiger partial charge in [-0.15, -0.1) is 0 Å². The molecule has 0 fully saturated rings. The molecule has 1 aromatic carbocycles. The number of nitrogen functional groups attached to an aromatic ring is 1. The fourth-order valence-electron chi connectivity index (χ4n) is 4.48. The predicted octanol–water partition coefficient (Wildman–Crippen LogP) is 3.22. The number of pyridine rings is 1. The standard InChI is InChI=1S/C25H25N5/c1-15(13-26)23-24(18-8-9-29-16(2)10-18)20-11-19(14-27)21(28)12-22(20)30-25(23)17-6-4-3-5-7-17/h3-4,6,8-12,14-15,23,25,27H,5,7,28H2,1-2H3/t15?,23-,25?/m1/s1. The number of hydrogen-bond acceptors (Lipinski definition) is 5. The molecule has 0 spiro atoms. The van der Waals surface area contributed by atoms with Crippen molar-refractivity contribution in [3.63, 3.8) is 0 Å². The van der Waals surface area contributed by atoms with E-state index in [2.05, 4.69) is 35.3 Å². The van der Waals surface area contributed by atoms with E-state index in [1.807, 2.05) is 38.2 Å². The summed E-state index contributed by atoms with van der Waals surface area (Å²) in [5.41, 5.74) is 11.7. The summed E-state index contributed by atoms with van der Waals surface area (Å²) in [6.45, 7) is 3.94. The Balaban J connectivity index is 2.10. The van der Waals surface area contributed by atoms with Crippen LogP contribution in [0.25, 0.3) is 5.57 Å². The molecule has 5 nitrogen and oxygen atoms in total. The van der Waals surface area contributed by atoms with Crippen molar-refractivity contribution in [2.75, 3.05) is 5.73 Å². The van der Waals surface area contributed by atoms with Crippen LogP contribution in [-0.2, 0) is 0 Å². The van der Waals surface area contributed by atoms with Gasteiger partial charge in [-0.1, -0.05) is 18.2 Å². The Hall–Kier alpha value is -3.52. The second-order valence-corrected chi connectivity index (χ2v) is 7.97. The SMILES string of the molecule is Cc1cc(C2=c3cc(C=N)c(N)cc3=NC(C3=CC=CCC3)[C@@H]2C(C)C#N)ccn1. The van der Waals surface area contributed by atoms with Crippen molar-refractivity contribution in [2.45, 2.75) is 32.7 Å². The molecule has 30 heavy (non-hydrogen) atoms. The third-order valence-corrected chi connectivity index (χ3v) is 5.97. The fraction of sp³-hybridized carbons (Fsp3) is 0.280. The van der Waals surface area contributed by atoms with Crippen LogP contribution in [-0.4, -0.2) is 17.2 Å². The van der Waals surface area contributed by atoms with Crippen molar-refractivity contribution in [2.24, 2.45) is 16.8 Å². The lowest BCUT2D eigenvalue weighted by molar-refractivity contribution is 0.452. The van der Waals surface area contributed by atoms with E-state index in [1.165, 1.54) is 11.8 Å². The first-order valence-corrected chi connectivity index (χ1v) is 10.2. The van der Waals surface area contributed by atoms with Crippen LogP contribution in [0, 0.1) is 35.5 Å². The summed E-state index contributed by atoms with van der Waals surface area (Å²) in [6.07, 6.45) is 11.4. The van der Waals surface area contributed by atoms with Crippen molar-refractivity contribution in [3.8, 4) is 6.07 Å². The van der Waals surface area contributed by atoms with Crippen LogP contribution in [0.5, 0.6) is 0 Å². The largest absolute Gasteiger partial charge is 0.398 e. The summed E-state index contributed by atoms with van der Waals surface area (Å²) >= 11 is 0. The number of anilines is 1. The highest BCUT2D eigenvalue weighted by atomic mass is 14.8. The molecule has 2 aliphatic rings. The van der Waals surface area contributed by atoms with Gasteiger partial charge in [-0.3, -0.25) is 9.98 Å². The Labute approximate surface area is 176 Å². The van der Waals surface area contributed by atoms with Gasteiger partial charge in [-0.2, -0.15) is 5.26 Å². The first kappa shape index (κ1) is 19.8. The number of nitriles is 1. The van der Waals surface area contributed by atoms with Gasteiger partial charge in [0.15, 0.2) is 0 Å². The quantitative estimate of drug-likeness (QED) is 0.614. The number of hydrogen-bond donors (Lipinski definition) is 2. The van der Waals surface area contributed by atoms with Crippen molar-refractivity contribution < 1.29 is 0 Å². The number of aromatic nitrogens is 1. The van der Waals surface area contributed by atoms with Gasteiger partial charge < -0.3 is 11.1 Å². The molecule has 3 atom stereocenters. The number of fused-ring (bicyclic) bond motifs is 1. The molecule has 4 rings (SSSR count). The predicted molar refractivity (Wildman–Crippen MR) is 120 cm³/mol. The normalized spacial score (nSPS) is 21.1. The van der Waals surface area contributed by atoms with Crippen molar-refractivity contribution in [1.29, 1.82) is 10.7 Å². The van der Waals surface area contributed by atoms with Crippen LogP contribution < -0.4 is 16.3 Å². The summed E-state index contributed by atoms with van der Waals surface area (Å²) in [6, 6.07) is 10.2. The number of nitrogens with one attached hydrogen (secondary N) is 1. The lowest BCUT2D eigenvalue weighted by Crippen LogP contribution is -2.43. The molecule has 1 aromatic heterocycles. The first-order valence-electron chi connectivity index (χ1n) is 10.2. The van der Waals surface area contributed by atoms with Crippen molar-refractivity contribution in [3.05, 3.63) is 81.7 Å². The Morgan fingerprint density at radius 2 is 2.17 bits per heavy atom.